The van der Waals surface area contributed by atoms with Crippen molar-refractivity contribution >= 4 is 35.4 Å². The summed E-state index contributed by atoms with van der Waals surface area (Å²) in [6.07, 6.45) is -0.0163. The average molecular weight is 329 g/mol. The SMILES string of the molecule is O=C(O)CC1CSCCN1C(=O)NCc1cccc(Cl)c1. The van der Waals surface area contributed by atoms with Gasteiger partial charge in [0.25, 0.3) is 0 Å². The smallest absolute Gasteiger partial charge is 0.317 e. The first-order valence-electron chi connectivity index (χ1n) is 6.64. The molecule has 0 aromatic heterocycles. The number of benzene rings is 1. The molecule has 2 amide bonds. The number of amides is 2. The van der Waals surface area contributed by atoms with Crippen molar-refractivity contribution in [1.82, 2.24) is 10.2 Å². The average Bonchev–Trinajstić information content (AvgIpc) is 2.45. The van der Waals surface area contributed by atoms with E-state index in [0.717, 1.165) is 11.3 Å². The number of nitrogens with one attached hydrogen (secondary N) is 1. The van der Waals surface area contributed by atoms with Crippen LogP contribution in [0.25, 0.3) is 0 Å². The zero-order chi connectivity index (χ0) is 15.2. The maximum Gasteiger partial charge on any atom is 0.317 e. The number of nitrogens with zero attached hydrogens (tertiary/aromatic N) is 1. The Morgan fingerprint density at radius 2 is 2.29 bits per heavy atom. The topological polar surface area (TPSA) is 69.6 Å². The molecular formula is C14H17ClN2O3S. The van der Waals surface area contributed by atoms with E-state index in [4.69, 9.17) is 16.7 Å². The summed E-state index contributed by atoms with van der Waals surface area (Å²) in [5.41, 5.74) is 0.914. The Morgan fingerprint density at radius 1 is 1.48 bits per heavy atom. The second kappa shape index (κ2) is 7.56. The van der Waals surface area contributed by atoms with E-state index in [1.54, 1.807) is 28.8 Å². The van der Waals surface area contributed by atoms with Crippen molar-refractivity contribution < 1.29 is 14.7 Å². The van der Waals surface area contributed by atoms with E-state index in [1.165, 1.54) is 0 Å². The van der Waals surface area contributed by atoms with Gasteiger partial charge in [-0.1, -0.05) is 23.7 Å². The maximum absolute atomic E-state index is 12.2. The Balaban J connectivity index is 1.92. The molecule has 1 atom stereocenters. The summed E-state index contributed by atoms with van der Waals surface area (Å²) in [7, 11) is 0. The van der Waals surface area contributed by atoms with Crippen molar-refractivity contribution in [2.45, 2.75) is 19.0 Å². The minimum Gasteiger partial charge on any atom is -0.481 e. The number of carbonyl (C=O) groups excluding carboxylic acids is 1. The van der Waals surface area contributed by atoms with Crippen molar-refractivity contribution in [3.63, 3.8) is 0 Å². The lowest BCUT2D eigenvalue weighted by Crippen LogP contribution is -2.51. The molecule has 1 saturated heterocycles. The van der Waals surface area contributed by atoms with Crippen LogP contribution < -0.4 is 5.32 Å². The maximum atomic E-state index is 12.2. The highest BCUT2D eigenvalue weighted by Crippen LogP contribution is 2.19. The summed E-state index contributed by atoms with van der Waals surface area (Å²) in [6.45, 7) is 0.951. The molecule has 1 aromatic carbocycles. The normalized spacial score (nSPS) is 18.3. The molecule has 0 bridgehead atoms. The van der Waals surface area contributed by atoms with Crippen LogP contribution in [0.5, 0.6) is 0 Å². The summed E-state index contributed by atoms with van der Waals surface area (Å²) < 4.78 is 0. The van der Waals surface area contributed by atoms with Crippen LogP contribution in [-0.4, -0.2) is 46.1 Å². The number of thioether (sulfide) groups is 1. The van der Waals surface area contributed by atoms with E-state index in [0.29, 0.717) is 23.9 Å². The first kappa shape index (κ1) is 16.0. The third-order valence-corrected chi connectivity index (χ3v) is 4.56. The quantitative estimate of drug-likeness (QED) is 0.890. The number of carboxylic acids is 1. The van der Waals surface area contributed by atoms with Gasteiger partial charge in [0.05, 0.1) is 12.5 Å². The molecular weight excluding hydrogens is 312 g/mol. The van der Waals surface area contributed by atoms with Gasteiger partial charge in [-0.2, -0.15) is 11.8 Å². The number of aliphatic carboxylic acids is 1. The lowest BCUT2D eigenvalue weighted by atomic mass is 10.2. The predicted molar refractivity (Wildman–Crippen MR) is 83.8 cm³/mol. The van der Waals surface area contributed by atoms with Crippen LogP contribution in [0.15, 0.2) is 24.3 Å². The molecule has 1 aromatic rings. The minimum atomic E-state index is -0.879. The summed E-state index contributed by atoms with van der Waals surface area (Å²) in [4.78, 5) is 24.7. The van der Waals surface area contributed by atoms with Gasteiger partial charge in [-0.15, -0.1) is 0 Å². The molecule has 2 rings (SSSR count). The highest BCUT2D eigenvalue weighted by atomic mass is 35.5. The van der Waals surface area contributed by atoms with Crippen molar-refractivity contribution in [2.24, 2.45) is 0 Å². The molecule has 2 N–H and O–H groups in total. The standard InChI is InChI=1S/C14H17ClN2O3S/c15-11-3-1-2-10(6-11)8-16-14(20)17-4-5-21-9-12(17)7-13(18)19/h1-3,6,12H,4-5,7-9H2,(H,16,20)(H,18,19). The Kier molecular flexibility index (Phi) is 5.76. The van der Waals surface area contributed by atoms with Crippen molar-refractivity contribution in [2.75, 3.05) is 18.1 Å². The zero-order valence-electron chi connectivity index (χ0n) is 11.4. The van der Waals surface area contributed by atoms with Gasteiger partial charge in [0.1, 0.15) is 0 Å². The van der Waals surface area contributed by atoms with Gasteiger partial charge in [-0.25, -0.2) is 4.79 Å². The van der Waals surface area contributed by atoms with E-state index in [1.807, 2.05) is 12.1 Å². The van der Waals surface area contributed by atoms with Crippen molar-refractivity contribution in [3.05, 3.63) is 34.9 Å². The molecule has 114 valence electrons. The molecule has 21 heavy (non-hydrogen) atoms. The monoisotopic (exact) mass is 328 g/mol. The second-order valence-electron chi connectivity index (χ2n) is 4.81. The van der Waals surface area contributed by atoms with Crippen molar-refractivity contribution in [3.8, 4) is 0 Å². The molecule has 1 aliphatic rings. The fourth-order valence-electron chi connectivity index (χ4n) is 2.22. The Hall–Kier alpha value is -1.40. The first-order valence-corrected chi connectivity index (χ1v) is 8.18. The fourth-order valence-corrected chi connectivity index (χ4v) is 3.49. The summed E-state index contributed by atoms with van der Waals surface area (Å²) in [6, 6.07) is 6.81. The summed E-state index contributed by atoms with van der Waals surface area (Å²) >= 11 is 7.58. The zero-order valence-corrected chi connectivity index (χ0v) is 13.0. The van der Waals surface area contributed by atoms with E-state index in [2.05, 4.69) is 5.32 Å². The molecule has 1 fully saturated rings. The Labute approximate surface area is 132 Å². The van der Waals surface area contributed by atoms with Gasteiger partial charge in [0.2, 0.25) is 0 Å². The number of halogens is 1. The molecule has 1 aliphatic heterocycles. The van der Waals surface area contributed by atoms with E-state index >= 15 is 0 Å². The number of urea groups is 1. The van der Waals surface area contributed by atoms with Gasteiger partial charge >= 0.3 is 12.0 Å². The van der Waals surface area contributed by atoms with Crippen LogP contribution in [0.4, 0.5) is 4.79 Å². The van der Waals surface area contributed by atoms with Crippen LogP contribution in [0.1, 0.15) is 12.0 Å². The van der Waals surface area contributed by atoms with Crippen LogP contribution >= 0.6 is 23.4 Å². The first-order chi connectivity index (χ1) is 10.1. The third kappa shape index (κ3) is 4.82. The minimum absolute atomic E-state index is 0.0163. The van der Waals surface area contributed by atoms with Gasteiger partial charge in [0, 0.05) is 29.6 Å². The van der Waals surface area contributed by atoms with Crippen LogP contribution in [0.3, 0.4) is 0 Å². The van der Waals surface area contributed by atoms with Gasteiger partial charge in [0.15, 0.2) is 0 Å². The lowest BCUT2D eigenvalue weighted by Gasteiger charge is -2.34. The van der Waals surface area contributed by atoms with Crippen LogP contribution in [0, 0.1) is 0 Å². The number of rotatable bonds is 4. The fraction of sp³-hybridized carbons (Fsp3) is 0.429. The molecule has 0 radical (unpaired) electrons. The van der Waals surface area contributed by atoms with Crippen LogP contribution in [0.2, 0.25) is 5.02 Å². The van der Waals surface area contributed by atoms with Gasteiger partial charge in [-0.3, -0.25) is 4.79 Å². The van der Waals surface area contributed by atoms with E-state index in [-0.39, 0.29) is 18.5 Å². The second-order valence-corrected chi connectivity index (χ2v) is 6.39. The third-order valence-electron chi connectivity index (χ3n) is 3.23. The number of hydrogen-bond donors (Lipinski definition) is 2. The van der Waals surface area contributed by atoms with Gasteiger partial charge < -0.3 is 15.3 Å². The Bertz CT molecular complexity index is 527. The molecule has 0 saturated carbocycles. The molecule has 0 aliphatic carbocycles. The lowest BCUT2D eigenvalue weighted by molar-refractivity contribution is -0.137. The molecule has 0 spiro atoms. The molecule has 5 nitrogen and oxygen atoms in total. The summed E-state index contributed by atoms with van der Waals surface area (Å²) in [5.74, 6) is 0.618. The summed E-state index contributed by atoms with van der Waals surface area (Å²) in [5, 5.41) is 12.4. The van der Waals surface area contributed by atoms with Crippen LogP contribution in [-0.2, 0) is 11.3 Å². The van der Waals surface area contributed by atoms with Gasteiger partial charge in [-0.05, 0) is 17.7 Å². The highest BCUT2D eigenvalue weighted by molar-refractivity contribution is 7.99. The van der Waals surface area contributed by atoms with E-state index < -0.39 is 5.97 Å². The molecule has 1 heterocycles. The number of carbonyl (C=O) groups is 2. The highest BCUT2D eigenvalue weighted by Gasteiger charge is 2.28. The number of hydrogen-bond acceptors (Lipinski definition) is 3. The molecule has 7 heteroatoms. The Morgan fingerprint density at radius 3 is 3.00 bits per heavy atom. The molecule has 1 unspecified atom stereocenters. The largest absolute Gasteiger partial charge is 0.481 e. The van der Waals surface area contributed by atoms with E-state index in [9.17, 15) is 9.59 Å². The van der Waals surface area contributed by atoms with Crippen molar-refractivity contribution in [1.29, 1.82) is 0 Å². The predicted octanol–water partition coefficient (Wildman–Crippen LogP) is 2.44. The number of carboxylic acid groups (broad SMARTS) is 1.